The zero-order valence-electron chi connectivity index (χ0n) is 18.6. The molecular weight excluding hydrogens is 436 g/mol. The Labute approximate surface area is 188 Å². The van der Waals surface area contributed by atoms with Crippen LogP contribution in [0.2, 0.25) is 0 Å². The number of amides is 1. The first-order chi connectivity index (χ1) is 14.8. The van der Waals surface area contributed by atoms with E-state index in [0.717, 1.165) is 25.0 Å². The number of nitrogens with zero attached hydrogens (tertiary/aromatic N) is 3. The highest BCUT2D eigenvalue weighted by Gasteiger charge is 2.24. The van der Waals surface area contributed by atoms with Gasteiger partial charge in [0.05, 0.1) is 27.3 Å². The van der Waals surface area contributed by atoms with Crippen molar-refractivity contribution in [3.8, 4) is 0 Å². The highest BCUT2D eigenvalue weighted by molar-refractivity contribution is 8.00. The Morgan fingerprint density at radius 3 is 2.71 bits per heavy atom. The quantitative estimate of drug-likeness (QED) is 0.539. The van der Waals surface area contributed by atoms with Crippen molar-refractivity contribution in [1.29, 1.82) is 0 Å². The van der Waals surface area contributed by atoms with E-state index in [1.807, 2.05) is 32.3 Å². The summed E-state index contributed by atoms with van der Waals surface area (Å²) in [7, 11) is -3.55. The molecule has 2 aromatic rings. The number of carbonyl (C=O) groups is 1. The Bertz CT molecular complexity index is 1010. The third kappa shape index (κ3) is 5.24. The van der Waals surface area contributed by atoms with Gasteiger partial charge in [-0.15, -0.1) is 0 Å². The van der Waals surface area contributed by atoms with Gasteiger partial charge < -0.3 is 14.6 Å². The summed E-state index contributed by atoms with van der Waals surface area (Å²) >= 11 is 1.38. The van der Waals surface area contributed by atoms with Gasteiger partial charge in [-0.05, 0) is 44.9 Å². The maximum Gasteiger partial charge on any atom is 0.243 e. The first-order valence-corrected chi connectivity index (χ1v) is 13.2. The lowest BCUT2D eigenvalue weighted by atomic mass is 10.2. The van der Waals surface area contributed by atoms with Gasteiger partial charge in [0.25, 0.3) is 0 Å². The minimum Gasteiger partial charge on any atom is -0.376 e. The number of rotatable bonds is 10. The van der Waals surface area contributed by atoms with E-state index in [2.05, 4.69) is 10.3 Å². The Morgan fingerprint density at radius 1 is 1.35 bits per heavy atom. The molecule has 1 N–H and O–H groups in total. The van der Waals surface area contributed by atoms with Crippen molar-refractivity contribution in [3.05, 3.63) is 18.2 Å². The summed E-state index contributed by atoms with van der Waals surface area (Å²) in [6.07, 6.45) is 2.12. The number of aryl methyl sites for hydroxylation is 1. The Kier molecular flexibility index (Phi) is 8.01. The monoisotopic (exact) mass is 468 g/mol. The molecule has 1 amide bonds. The molecule has 10 heteroatoms. The summed E-state index contributed by atoms with van der Waals surface area (Å²) in [4.78, 5) is 17.4. The fourth-order valence-corrected chi connectivity index (χ4v) is 6.22. The molecule has 0 unspecified atom stereocenters. The fraction of sp³-hybridized carbons (Fsp3) is 0.619. The van der Waals surface area contributed by atoms with E-state index >= 15 is 0 Å². The van der Waals surface area contributed by atoms with Gasteiger partial charge in [0.1, 0.15) is 0 Å². The number of imidazole rings is 1. The van der Waals surface area contributed by atoms with Gasteiger partial charge in [0, 0.05) is 32.8 Å². The Hall–Kier alpha value is -1.62. The predicted octanol–water partition coefficient (Wildman–Crippen LogP) is 2.86. The van der Waals surface area contributed by atoms with Gasteiger partial charge in [0.2, 0.25) is 15.9 Å². The molecule has 1 aromatic heterocycles. The largest absolute Gasteiger partial charge is 0.376 e. The van der Waals surface area contributed by atoms with Crippen LogP contribution in [-0.2, 0) is 26.1 Å². The van der Waals surface area contributed by atoms with E-state index < -0.39 is 10.0 Å². The van der Waals surface area contributed by atoms with Crippen LogP contribution in [0.3, 0.4) is 0 Å². The summed E-state index contributed by atoms with van der Waals surface area (Å²) in [5, 5.41) is 3.34. The summed E-state index contributed by atoms with van der Waals surface area (Å²) in [5.41, 5.74) is 1.47. The van der Waals surface area contributed by atoms with E-state index in [-0.39, 0.29) is 22.2 Å². The highest BCUT2D eigenvalue weighted by atomic mass is 32.2. The number of hydrogen-bond donors (Lipinski definition) is 1. The van der Waals surface area contributed by atoms with Crippen molar-refractivity contribution >= 4 is 38.7 Å². The average Bonchev–Trinajstić information content (AvgIpc) is 3.39. The minimum absolute atomic E-state index is 0.0555. The lowest BCUT2D eigenvalue weighted by molar-refractivity contribution is -0.120. The number of hydrogen-bond acceptors (Lipinski definition) is 6. The van der Waals surface area contributed by atoms with E-state index in [1.165, 1.54) is 16.1 Å². The number of nitrogens with one attached hydrogen (secondary N) is 1. The fourth-order valence-electron chi connectivity index (χ4n) is 3.73. The molecule has 31 heavy (non-hydrogen) atoms. The number of aromatic nitrogens is 2. The second-order valence-electron chi connectivity index (χ2n) is 7.52. The molecule has 3 rings (SSSR count). The summed E-state index contributed by atoms with van der Waals surface area (Å²) in [5.74, 6) is -0.0555. The molecule has 2 heterocycles. The summed E-state index contributed by atoms with van der Waals surface area (Å²) in [6.45, 7) is 10.3. The van der Waals surface area contributed by atoms with Crippen molar-refractivity contribution in [1.82, 2.24) is 19.2 Å². The van der Waals surface area contributed by atoms with Crippen molar-refractivity contribution in [2.45, 2.75) is 68.5 Å². The van der Waals surface area contributed by atoms with Crippen molar-refractivity contribution in [2.24, 2.45) is 0 Å². The van der Waals surface area contributed by atoms with Crippen LogP contribution in [0, 0.1) is 0 Å². The number of fused-ring (bicyclic) bond motifs is 1. The number of benzene rings is 1. The zero-order valence-corrected chi connectivity index (χ0v) is 20.3. The Morgan fingerprint density at radius 2 is 2.10 bits per heavy atom. The smallest absolute Gasteiger partial charge is 0.243 e. The second-order valence-corrected chi connectivity index (χ2v) is 10.8. The maximum absolute atomic E-state index is 12.9. The second kappa shape index (κ2) is 10.3. The van der Waals surface area contributed by atoms with Gasteiger partial charge in [-0.2, -0.15) is 4.31 Å². The average molecular weight is 469 g/mol. The van der Waals surface area contributed by atoms with E-state index in [9.17, 15) is 13.2 Å². The van der Waals surface area contributed by atoms with Gasteiger partial charge in [-0.3, -0.25) is 4.79 Å². The van der Waals surface area contributed by atoms with Crippen LogP contribution in [0.25, 0.3) is 11.0 Å². The molecule has 0 bridgehead atoms. The zero-order chi connectivity index (χ0) is 22.6. The third-order valence-corrected chi connectivity index (χ3v) is 8.66. The van der Waals surface area contributed by atoms with Crippen LogP contribution in [0.1, 0.15) is 40.5 Å². The molecule has 2 atom stereocenters. The number of thioether (sulfide) groups is 1. The first kappa shape index (κ1) is 24.0. The summed E-state index contributed by atoms with van der Waals surface area (Å²) < 4.78 is 34.7. The number of ether oxygens (including phenoxy) is 1. The molecule has 0 saturated carbocycles. The molecule has 8 nitrogen and oxygen atoms in total. The molecule has 172 valence electrons. The molecule has 0 aliphatic carbocycles. The molecule has 1 saturated heterocycles. The van der Waals surface area contributed by atoms with Crippen LogP contribution in [0.15, 0.2) is 28.3 Å². The van der Waals surface area contributed by atoms with Crippen LogP contribution >= 0.6 is 11.8 Å². The van der Waals surface area contributed by atoms with E-state index in [0.29, 0.717) is 36.9 Å². The van der Waals surface area contributed by atoms with E-state index in [1.54, 1.807) is 18.2 Å². The van der Waals surface area contributed by atoms with Crippen LogP contribution < -0.4 is 5.32 Å². The minimum atomic E-state index is -3.55. The topological polar surface area (TPSA) is 93.5 Å². The Balaban J connectivity index is 1.79. The molecule has 1 fully saturated rings. The van der Waals surface area contributed by atoms with E-state index in [4.69, 9.17) is 4.74 Å². The standard InChI is InChI=1S/C21H32N4O4S2/c1-5-24(6-2)31(27,28)17-10-11-19-18(13-17)23-21(25(19)7-3)30-15(4)20(26)22-14-16-9-8-12-29-16/h10-11,13,15-16H,5-9,12,14H2,1-4H3,(H,22,26)/t15-,16-/m1/s1. The highest BCUT2D eigenvalue weighted by Crippen LogP contribution is 2.29. The van der Waals surface area contributed by atoms with Crippen LogP contribution in [0.5, 0.6) is 0 Å². The normalized spacial score (nSPS) is 18.0. The maximum atomic E-state index is 12.9. The van der Waals surface area contributed by atoms with Crippen molar-refractivity contribution in [3.63, 3.8) is 0 Å². The molecule has 1 aromatic carbocycles. The number of carbonyl (C=O) groups excluding carboxylic acids is 1. The predicted molar refractivity (Wildman–Crippen MR) is 123 cm³/mol. The van der Waals surface area contributed by atoms with Gasteiger partial charge in [-0.1, -0.05) is 25.6 Å². The van der Waals surface area contributed by atoms with Crippen LogP contribution in [0.4, 0.5) is 0 Å². The van der Waals surface area contributed by atoms with Crippen molar-refractivity contribution in [2.75, 3.05) is 26.2 Å². The van der Waals surface area contributed by atoms with Gasteiger partial charge in [-0.25, -0.2) is 13.4 Å². The van der Waals surface area contributed by atoms with Gasteiger partial charge >= 0.3 is 0 Å². The molecule has 0 spiro atoms. The van der Waals surface area contributed by atoms with Crippen LogP contribution in [-0.4, -0.2) is 65.8 Å². The molecule has 1 aliphatic heterocycles. The molecule has 0 radical (unpaired) electrons. The first-order valence-electron chi connectivity index (χ1n) is 10.9. The third-order valence-electron chi connectivity index (χ3n) is 5.52. The van der Waals surface area contributed by atoms with Crippen molar-refractivity contribution < 1.29 is 17.9 Å². The molecule has 1 aliphatic rings. The molecular formula is C21H32N4O4S2. The van der Waals surface area contributed by atoms with Gasteiger partial charge in [0.15, 0.2) is 5.16 Å². The number of sulfonamides is 1. The summed E-state index contributed by atoms with van der Waals surface area (Å²) in [6, 6.07) is 5.06. The lowest BCUT2D eigenvalue weighted by Crippen LogP contribution is -2.36. The lowest BCUT2D eigenvalue weighted by Gasteiger charge is -2.18. The SMILES string of the molecule is CCN(CC)S(=O)(=O)c1ccc2c(c1)nc(S[C@H](C)C(=O)NC[C@H]1CCCO1)n2CC.